The second-order valence-corrected chi connectivity index (χ2v) is 2.80. The van der Waals surface area contributed by atoms with Crippen molar-refractivity contribution in [2.45, 2.75) is 19.4 Å². The van der Waals surface area contributed by atoms with E-state index >= 15 is 0 Å². The van der Waals surface area contributed by atoms with Crippen molar-refractivity contribution in [2.24, 2.45) is 0 Å². The van der Waals surface area contributed by atoms with Crippen molar-refractivity contribution in [1.82, 2.24) is 4.98 Å². The van der Waals surface area contributed by atoms with E-state index in [2.05, 4.69) is 4.98 Å². The summed E-state index contributed by atoms with van der Waals surface area (Å²) in [6.07, 6.45) is 1.49. The maximum Gasteiger partial charge on any atom is 0.213 e. The number of hydrogen-bond donors (Lipinski definition) is 1. The van der Waals surface area contributed by atoms with Crippen molar-refractivity contribution in [1.29, 1.82) is 0 Å². The van der Waals surface area contributed by atoms with Crippen LogP contribution in [0.5, 0.6) is 5.75 Å². The van der Waals surface area contributed by atoms with Crippen LogP contribution in [0.2, 0.25) is 0 Å². The van der Waals surface area contributed by atoms with E-state index in [9.17, 15) is 4.39 Å². The molecule has 13 heavy (non-hydrogen) atoms. The summed E-state index contributed by atoms with van der Waals surface area (Å²) in [4.78, 5) is 3.42. The lowest BCUT2D eigenvalue weighted by Crippen LogP contribution is -2.07. The molecule has 0 aliphatic heterocycles. The summed E-state index contributed by atoms with van der Waals surface area (Å²) < 4.78 is 17.5. The highest BCUT2D eigenvalue weighted by Gasteiger charge is 1.98. The highest BCUT2D eigenvalue weighted by molar-refractivity contribution is 5.15. The lowest BCUT2D eigenvalue weighted by Gasteiger charge is -2.06. The molecule has 0 spiro atoms. The van der Waals surface area contributed by atoms with Crippen LogP contribution in [-0.4, -0.2) is 22.8 Å². The molecule has 4 heteroatoms. The molecule has 3 nitrogen and oxygen atoms in total. The van der Waals surface area contributed by atoms with Gasteiger partial charge in [0.15, 0.2) is 0 Å². The predicted molar refractivity (Wildman–Crippen MR) is 46.0 cm³/mol. The molecule has 0 saturated heterocycles. The molecule has 1 rings (SSSR count). The van der Waals surface area contributed by atoms with Gasteiger partial charge in [-0.05, 0) is 19.1 Å². The minimum Gasteiger partial charge on any atom is -0.492 e. The molecule has 72 valence electrons. The number of aromatic nitrogens is 1. The zero-order valence-corrected chi connectivity index (χ0v) is 7.40. The average Bonchev–Trinajstić information content (AvgIpc) is 2.08. The lowest BCUT2D eigenvalue weighted by atomic mass is 10.3. The van der Waals surface area contributed by atoms with E-state index in [1.54, 1.807) is 6.92 Å². The maximum absolute atomic E-state index is 12.3. The Morgan fingerprint density at radius 2 is 2.38 bits per heavy atom. The molecule has 0 aliphatic carbocycles. The molecule has 1 heterocycles. The van der Waals surface area contributed by atoms with Crippen molar-refractivity contribution in [3.05, 3.63) is 24.3 Å². The molecule has 0 fully saturated rings. The van der Waals surface area contributed by atoms with Gasteiger partial charge < -0.3 is 9.84 Å². The highest BCUT2D eigenvalue weighted by Crippen LogP contribution is 2.08. The lowest BCUT2D eigenvalue weighted by molar-refractivity contribution is 0.155. The largest absolute Gasteiger partial charge is 0.492 e. The fourth-order valence-electron chi connectivity index (χ4n) is 0.795. The molecule has 1 N–H and O–H groups in total. The number of hydrogen-bond acceptors (Lipinski definition) is 3. The van der Waals surface area contributed by atoms with E-state index in [-0.39, 0.29) is 6.10 Å². The summed E-state index contributed by atoms with van der Waals surface area (Å²) in [6, 6.07) is 2.74. The summed E-state index contributed by atoms with van der Waals surface area (Å²) in [5, 5.41) is 8.92. The summed E-state index contributed by atoms with van der Waals surface area (Å²) in [6.45, 7) is 2.09. The summed E-state index contributed by atoms with van der Waals surface area (Å²) in [7, 11) is 0. The molecule has 0 aromatic carbocycles. The molecule has 1 atom stereocenters. The van der Waals surface area contributed by atoms with Crippen molar-refractivity contribution >= 4 is 0 Å². The number of aliphatic hydroxyl groups is 1. The van der Waals surface area contributed by atoms with E-state index in [0.717, 1.165) is 0 Å². The van der Waals surface area contributed by atoms with E-state index in [0.29, 0.717) is 18.8 Å². The number of rotatable bonds is 4. The molecule has 1 unspecified atom stereocenters. The standard InChI is InChI=1S/C9H12FNO2/c1-7(12)4-5-13-8-2-3-9(10)11-6-8/h2-3,6-7,12H,4-5H2,1H3. The van der Waals surface area contributed by atoms with Crippen LogP contribution in [0, 0.1) is 5.95 Å². The van der Waals surface area contributed by atoms with E-state index in [4.69, 9.17) is 9.84 Å². The van der Waals surface area contributed by atoms with Gasteiger partial charge in [-0.1, -0.05) is 0 Å². The van der Waals surface area contributed by atoms with Crippen LogP contribution < -0.4 is 4.74 Å². The monoisotopic (exact) mass is 185 g/mol. The third kappa shape index (κ3) is 3.85. The van der Waals surface area contributed by atoms with Gasteiger partial charge in [0.25, 0.3) is 0 Å². The zero-order valence-electron chi connectivity index (χ0n) is 7.40. The number of halogens is 1. The van der Waals surface area contributed by atoms with Gasteiger partial charge in [0, 0.05) is 6.42 Å². The Morgan fingerprint density at radius 1 is 1.62 bits per heavy atom. The van der Waals surface area contributed by atoms with Gasteiger partial charge in [-0.15, -0.1) is 0 Å². The highest BCUT2D eigenvalue weighted by atomic mass is 19.1. The van der Waals surface area contributed by atoms with Crippen LogP contribution in [0.25, 0.3) is 0 Å². The molecule has 0 saturated carbocycles. The summed E-state index contributed by atoms with van der Waals surface area (Å²) >= 11 is 0. The van der Waals surface area contributed by atoms with Crippen LogP contribution in [0.1, 0.15) is 13.3 Å². The fraction of sp³-hybridized carbons (Fsp3) is 0.444. The molecule has 0 radical (unpaired) electrons. The first-order valence-corrected chi connectivity index (χ1v) is 4.11. The molecular formula is C9H12FNO2. The van der Waals surface area contributed by atoms with Gasteiger partial charge in [-0.3, -0.25) is 0 Å². The van der Waals surface area contributed by atoms with E-state index in [1.807, 2.05) is 0 Å². The first-order valence-electron chi connectivity index (χ1n) is 4.11. The van der Waals surface area contributed by atoms with E-state index < -0.39 is 5.95 Å². The second kappa shape index (κ2) is 4.77. The average molecular weight is 185 g/mol. The smallest absolute Gasteiger partial charge is 0.213 e. The Balaban J connectivity index is 2.33. The van der Waals surface area contributed by atoms with Crippen molar-refractivity contribution in [2.75, 3.05) is 6.61 Å². The Hall–Kier alpha value is -1.16. The minimum absolute atomic E-state index is 0.381. The van der Waals surface area contributed by atoms with Gasteiger partial charge in [-0.25, -0.2) is 4.98 Å². The van der Waals surface area contributed by atoms with Gasteiger partial charge in [0.05, 0.1) is 18.9 Å². The van der Waals surface area contributed by atoms with Gasteiger partial charge in [0.2, 0.25) is 5.95 Å². The van der Waals surface area contributed by atoms with Crippen LogP contribution in [-0.2, 0) is 0 Å². The molecule has 0 bridgehead atoms. The number of ether oxygens (including phenoxy) is 1. The molecular weight excluding hydrogens is 173 g/mol. The fourth-order valence-corrected chi connectivity index (χ4v) is 0.795. The van der Waals surface area contributed by atoms with Gasteiger partial charge >= 0.3 is 0 Å². The second-order valence-electron chi connectivity index (χ2n) is 2.80. The normalized spacial score (nSPS) is 12.5. The number of pyridine rings is 1. The van der Waals surface area contributed by atoms with Gasteiger partial charge in [0.1, 0.15) is 5.75 Å². The Bertz CT molecular complexity index is 248. The van der Waals surface area contributed by atoms with Crippen LogP contribution in [0.4, 0.5) is 4.39 Å². The van der Waals surface area contributed by atoms with Gasteiger partial charge in [-0.2, -0.15) is 4.39 Å². The quantitative estimate of drug-likeness (QED) is 0.720. The molecule has 1 aromatic heterocycles. The molecule has 0 amide bonds. The minimum atomic E-state index is -0.525. The Morgan fingerprint density at radius 3 is 2.92 bits per heavy atom. The third-order valence-electron chi connectivity index (χ3n) is 1.50. The number of nitrogens with zero attached hydrogens (tertiary/aromatic N) is 1. The maximum atomic E-state index is 12.3. The Kier molecular flexibility index (Phi) is 3.64. The summed E-state index contributed by atoms with van der Waals surface area (Å²) in [5.41, 5.74) is 0. The third-order valence-corrected chi connectivity index (χ3v) is 1.50. The van der Waals surface area contributed by atoms with Crippen molar-refractivity contribution in [3.63, 3.8) is 0 Å². The molecule has 1 aromatic rings. The van der Waals surface area contributed by atoms with Crippen LogP contribution in [0.15, 0.2) is 18.3 Å². The van der Waals surface area contributed by atoms with Crippen LogP contribution >= 0.6 is 0 Å². The van der Waals surface area contributed by atoms with E-state index in [1.165, 1.54) is 18.3 Å². The first kappa shape index (κ1) is 9.92. The number of aliphatic hydroxyl groups excluding tert-OH is 1. The summed E-state index contributed by atoms with van der Waals surface area (Å²) in [5.74, 6) is -0.00933. The Labute approximate surface area is 76.2 Å². The molecule has 0 aliphatic rings. The predicted octanol–water partition coefficient (Wildman–Crippen LogP) is 1.37. The first-order chi connectivity index (χ1) is 6.18. The zero-order chi connectivity index (χ0) is 9.68. The van der Waals surface area contributed by atoms with Crippen LogP contribution in [0.3, 0.4) is 0 Å². The van der Waals surface area contributed by atoms with Crippen molar-refractivity contribution in [3.8, 4) is 5.75 Å². The van der Waals surface area contributed by atoms with Crippen molar-refractivity contribution < 1.29 is 14.2 Å². The topological polar surface area (TPSA) is 42.4 Å². The SMILES string of the molecule is CC(O)CCOc1ccc(F)nc1.